The summed E-state index contributed by atoms with van der Waals surface area (Å²) in [5, 5.41) is 0. The number of aryl methyl sites for hydroxylation is 2. The van der Waals surface area contributed by atoms with Crippen LogP contribution in [0, 0.1) is 6.92 Å². The van der Waals surface area contributed by atoms with E-state index in [0.717, 1.165) is 47.8 Å². The van der Waals surface area contributed by atoms with Crippen molar-refractivity contribution in [2.24, 2.45) is 7.05 Å². The highest BCUT2D eigenvalue weighted by Crippen LogP contribution is 2.41. The number of nitrogens with zero attached hydrogens (tertiary/aromatic N) is 3. The maximum absolute atomic E-state index is 13.1. The molecule has 2 aromatic heterocycles. The number of halogens is 2. The van der Waals surface area contributed by atoms with E-state index in [0.29, 0.717) is 18.0 Å². The van der Waals surface area contributed by atoms with Gasteiger partial charge in [-0.2, -0.15) is 8.78 Å². The van der Waals surface area contributed by atoms with Crippen LogP contribution in [0.3, 0.4) is 0 Å². The molecule has 0 N–H and O–H groups in total. The third-order valence-corrected chi connectivity index (χ3v) is 5.09. The zero-order valence-electron chi connectivity index (χ0n) is 16.2. The van der Waals surface area contributed by atoms with Crippen molar-refractivity contribution in [1.29, 1.82) is 0 Å². The summed E-state index contributed by atoms with van der Waals surface area (Å²) >= 11 is 0. The molecule has 0 unspecified atom stereocenters. The van der Waals surface area contributed by atoms with Crippen molar-refractivity contribution in [1.82, 2.24) is 14.1 Å². The molecule has 0 saturated heterocycles. The van der Waals surface area contributed by atoms with Gasteiger partial charge >= 0.3 is 6.11 Å². The number of hydrogen-bond acceptors (Lipinski definition) is 3. The van der Waals surface area contributed by atoms with Crippen LogP contribution >= 0.6 is 0 Å². The first-order chi connectivity index (χ1) is 13.2. The standard InChI is InChI=1S/C21H23F2N3O2/c1-13-10-16(12-25(3)20(13)27)15-6-7-17-18(11-15)26(8-9-28-21(2,22)23)19(24-17)14-4-5-14/h6-7,10-12,14H,4-5,8-9H2,1-3H3. The average molecular weight is 387 g/mol. The third-order valence-electron chi connectivity index (χ3n) is 5.09. The smallest absolute Gasteiger partial charge is 0.325 e. The Balaban J connectivity index is 1.75. The van der Waals surface area contributed by atoms with Gasteiger partial charge in [-0.05, 0) is 49.1 Å². The molecule has 148 valence electrons. The van der Waals surface area contributed by atoms with Gasteiger partial charge in [-0.25, -0.2) is 4.98 Å². The van der Waals surface area contributed by atoms with Gasteiger partial charge in [-0.15, -0.1) is 0 Å². The number of aromatic nitrogens is 3. The van der Waals surface area contributed by atoms with E-state index in [9.17, 15) is 13.6 Å². The Morgan fingerprint density at radius 2 is 2.00 bits per heavy atom. The van der Waals surface area contributed by atoms with Gasteiger partial charge in [-0.1, -0.05) is 6.07 Å². The van der Waals surface area contributed by atoms with E-state index in [-0.39, 0.29) is 12.2 Å². The van der Waals surface area contributed by atoms with Gasteiger partial charge in [0.05, 0.1) is 17.6 Å². The van der Waals surface area contributed by atoms with E-state index in [4.69, 9.17) is 4.98 Å². The first-order valence-electron chi connectivity index (χ1n) is 9.42. The Kier molecular flexibility index (Phi) is 4.57. The molecule has 4 rings (SSSR count). The monoisotopic (exact) mass is 387 g/mol. The van der Waals surface area contributed by atoms with Gasteiger partial charge in [0.2, 0.25) is 0 Å². The second kappa shape index (κ2) is 6.81. The Hall–Kier alpha value is -2.54. The Labute approximate surface area is 161 Å². The minimum absolute atomic E-state index is 0.0245. The van der Waals surface area contributed by atoms with Crippen molar-refractivity contribution >= 4 is 11.0 Å². The lowest BCUT2D eigenvalue weighted by atomic mass is 10.1. The minimum Gasteiger partial charge on any atom is -0.325 e. The van der Waals surface area contributed by atoms with Crippen LogP contribution in [0.25, 0.3) is 22.2 Å². The lowest BCUT2D eigenvalue weighted by Gasteiger charge is -2.14. The zero-order chi connectivity index (χ0) is 20.1. The third kappa shape index (κ3) is 3.71. The molecule has 5 nitrogen and oxygen atoms in total. The van der Waals surface area contributed by atoms with Crippen molar-refractivity contribution < 1.29 is 13.5 Å². The van der Waals surface area contributed by atoms with Crippen LogP contribution in [0.5, 0.6) is 0 Å². The first kappa shape index (κ1) is 18.8. The van der Waals surface area contributed by atoms with E-state index in [2.05, 4.69) is 4.74 Å². The van der Waals surface area contributed by atoms with Gasteiger partial charge in [0.1, 0.15) is 5.82 Å². The largest absolute Gasteiger partial charge is 0.352 e. The zero-order valence-corrected chi connectivity index (χ0v) is 16.2. The molecule has 0 radical (unpaired) electrons. The van der Waals surface area contributed by atoms with Crippen molar-refractivity contribution in [2.75, 3.05) is 6.61 Å². The van der Waals surface area contributed by atoms with Crippen LogP contribution < -0.4 is 5.56 Å². The normalized spacial score (nSPS) is 14.8. The lowest BCUT2D eigenvalue weighted by molar-refractivity contribution is -0.225. The van der Waals surface area contributed by atoms with Crippen molar-refractivity contribution in [3.8, 4) is 11.1 Å². The summed E-state index contributed by atoms with van der Waals surface area (Å²) < 4.78 is 34.3. The molecule has 7 heteroatoms. The first-order valence-corrected chi connectivity index (χ1v) is 9.42. The Morgan fingerprint density at radius 1 is 1.25 bits per heavy atom. The molecular weight excluding hydrogens is 364 g/mol. The molecule has 1 aliphatic rings. The van der Waals surface area contributed by atoms with Gasteiger partial charge in [-0.3, -0.25) is 4.79 Å². The fraction of sp³-hybridized carbons (Fsp3) is 0.429. The Bertz CT molecular complexity index is 1070. The molecule has 1 saturated carbocycles. The van der Waals surface area contributed by atoms with Gasteiger partial charge < -0.3 is 13.9 Å². The molecule has 0 bridgehead atoms. The molecule has 1 aliphatic carbocycles. The lowest BCUT2D eigenvalue weighted by Crippen LogP contribution is -2.19. The van der Waals surface area contributed by atoms with E-state index in [1.807, 2.05) is 28.8 Å². The van der Waals surface area contributed by atoms with Gasteiger partial charge in [0.15, 0.2) is 0 Å². The predicted octanol–water partition coefficient (Wildman–Crippen LogP) is 4.22. The summed E-state index contributed by atoms with van der Waals surface area (Å²) in [6, 6.07) is 7.80. The molecule has 2 heterocycles. The molecular formula is C21H23F2N3O2. The second-order valence-electron chi connectivity index (χ2n) is 7.58. The molecule has 28 heavy (non-hydrogen) atoms. The number of fused-ring (bicyclic) bond motifs is 1. The molecule has 0 atom stereocenters. The Morgan fingerprint density at radius 3 is 2.64 bits per heavy atom. The van der Waals surface area contributed by atoms with Crippen LogP contribution in [0.2, 0.25) is 0 Å². The van der Waals surface area contributed by atoms with E-state index < -0.39 is 6.11 Å². The number of hydrogen-bond donors (Lipinski definition) is 0. The molecule has 0 amide bonds. The number of benzene rings is 1. The number of imidazole rings is 1. The SMILES string of the molecule is Cc1cc(-c2ccc3nc(C4CC4)n(CCOC(C)(F)F)c3c2)cn(C)c1=O. The number of pyridine rings is 1. The highest BCUT2D eigenvalue weighted by Gasteiger charge is 2.30. The predicted molar refractivity (Wildman–Crippen MR) is 104 cm³/mol. The van der Waals surface area contributed by atoms with E-state index in [1.165, 1.54) is 0 Å². The highest BCUT2D eigenvalue weighted by molar-refractivity contribution is 5.83. The van der Waals surface area contributed by atoms with E-state index in [1.54, 1.807) is 24.7 Å². The highest BCUT2D eigenvalue weighted by atomic mass is 19.3. The average Bonchev–Trinajstić information content (AvgIpc) is 3.40. The maximum atomic E-state index is 13.1. The molecule has 1 aromatic carbocycles. The maximum Gasteiger partial charge on any atom is 0.352 e. The topological polar surface area (TPSA) is 49.0 Å². The summed E-state index contributed by atoms with van der Waals surface area (Å²) in [4.78, 5) is 16.7. The molecule has 1 fully saturated rings. The summed E-state index contributed by atoms with van der Waals surface area (Å²) in [6.45, 7) is 2.78. The van der Waals surface area contributed by atoms with Crippen LogP contribution in [-0.2, 0) is 18.3 Å². The number of ether oxygens (including phenoxy) is 1. The minimum atomic E-state index is -3.15. The summed E-state index contributed by atoms with van der Waals surface area (Å²) in [5.74, 6) is 1.32. The summed E-state index contributed by atoms with van der Waals surface area (Å²) in [7, 11) is 1.73. The fourth-order valence-corrected chi connectivity index (χ4v) is 3.56. The van der Waals surface area contributed by atoms with Crippen molar-refractivity contribution in [2.45, 2.75) is 45.3 Å². The van der Waals surface area contributed by atoms with Crippen LogP contribution in [0.4, 0.5) is 8.78 Å². The number of rotatable bonds is 6. The second-order valence-corrected chi connectivity index (χ2v) is 7.58. The summed E-state index contributed by atoms with van der Waals surface area (Å²) in [6.07, 6.45) is 0.801. The molecule has 0 spiro atoms. The van der Waals surface area contributed by atoms with Crippen molar-refractivity contribution in [3.05, 3.63) is 52.2 Å². The van der Waals surface area contributed by atoms with Gasteiger partial charge in [0, 0.05) is 38.2 Å². The van der Waals surface area contributed by atoms with Gasteiger partial charge in [0.25, 0.3) is 5.56 Å². The summed E-state index contributed by atoms with van der Waals surface area (Å²) in [5.41, 5.74) is 4.27. The van der Waals surface area contributed by atoms with Crippen LogP contribution in [0.1, 0.15) is 37.1 Å². The quantitative estimate of drug-likeness (QED) is 0.636. The van der Waals surface area contributed by atoms with E-state index >= 15 is 0 Å². The molecule has 3 aromatic rings. The molecule has 0 aliphatic heterocycles. The fourth-order valence-electron chi connectivity index (χ4n) is 3.56. The number of alkyl halides is 2. The van der Waals surface area contributed by atoms with Crippen LogP contribution in [-0.4, -0.2) is 26.8 Å². The van der Waals surface area contributed by atoms with Crippen molar-refractivity contribution in [3.63, 3.8) is 0 Å². The van der Waals surface area contributed by atoms with Crippen LogP contribution in [0.15, 0.2) is 35.3 Å².